The molecule has 19 heavy (non-hydrogen) atoms. The van der Waals surface area contributed by atoms with Crippen molar-refractivity contribution in [3.63, 3.8) is 0 Å². The quantitative estimate of drug-likeness (QED) is 0.395. The van der Waals surface area contributed by atoms with E-state index in [1.165, 1.54) is 18.6 Å². The molecular weight excluding hydrogens is 268 g/mol. The van der Waals surface area contributed by atoms with E-state index in [1.54, 1.807) is 24.3 Å². The molecule has 0 aliphatic carbocycles. The van der Waals surface area contributed by atoms with Gasteiger partial charge in [-0.25, -0.2) is 10.4 Å². The van der Waals surface area contributed by atoms with E-state index < -0.39 is 5.91 Å². The van der Waals surface area contributed by atoms with Crippen molar-refractivity contribution in [3.05, 3.63) is 64.3 Å². The largest absolute Gasteiger partial charge is 0.619 e. The zero-order valence-corrected chi connectivity index (χ0v) is 10.4. The highest BCUT2D eigenvalue weighted by Gasteiger charge is 2.08. The topological polar surface area (TPSA) is 81.3 Å². The number of carbonyl (C=O) groups is 1. The lowest BCUT2D eigenvalue weighted by Crippen LogP contribution is -2.29. The molecule has 1 aromatic heterocycles. The Hall–Kier alpha value is -2.47. The number of halogens is 1. The van der Waals surface area contributed by atoms with Crippen molar-refractivity contribution >= 4 is 23.7 Å². The van der Waals surface area contributed by atoms with Gasteiger partial charge in [-0.15, -0.1) is 0 Å². The lowest BCUT2D eigenvalue weighted by atomic mass is 10.2. The first-order valence-corrected chi connectivity index (χ1v) is 5.67. The van der Waals surface area contributed by atoms with Gasteiger partial charge < -0.3 is 5.21 Å². The number of amides is 1. The van der Waals surface area contributed by atoms with Crippen LogP contribution < -0.4 is 10.2 Å². The summed E-state index contributed by atoms with van der Waals surface area (Å²) < 4.78 is 0.491. The van der Waals surface area contributed by atoms with E-state index >= 15 is 0 Å². The SMILES string of the molecule is O=C(N/N=C/c1ccc(Cl)cc1)c1c[n+]([O-])ccn1. The van der Waals surface area contributed by atoms with Crippen LogP contribution in [0.4, 0.5) is 0 Å². The van der Waals surface area contributed by atoms with E-state index in [2.05, 4.69) is 15.5 Å². The van der Waals surface area contributed by atoms with Gasteiger partial charge in [-0.3, -0.25) is 4.79 Å². The van der Waals surface area contributed by atoms with Crippen LogP contribution in [0.5, 0.6) is 0 Å². The standard InChI is InChI=1S/C12H9ClN4O2/c13-10-3-1-9(2-4-10)7-15-16-12(18)11-8-17(19)6-5-14-11/h1-8H,(H,16,18)/b15-7+. The smallest absolute Gasteiger partial charge is 0.296 e. The number of benzene rings is 1. The third-order valence-electron chi connectivity index (χ3n) is 2.16. The summed E-state index contributed by atoms with van der Waals surface area (Å²) in [5, 5.41) is 15.3. The summed E-state index contributed by atoms with van der Waals surface area (Å²) >= 11 is 5.74. The van der Waals surface area contributed by atoms with Crippen LogP contribution in [0.15, 0.2) is 48.0 Å². The van der Waals surface area contributed by atoms with Gasteiger partial charge in [0, 0.05) is 5.02 Å². The molecule has 0 radical (unpaired) electrons. The highest BCUT2D eigenvalue weighted by Crippen LogP contribution is 2.07. The average Bonchev–Trinajstić information content (AvgIpc) is 2.41. The molecule has 7 heteroatoms. The number of rotatable bonds is 3. The zero-order valence-electron chi connectivity index (χ0n) is 9.65. The Balaban J connectivity index is 1.98. The second-order valence-electron chi connectivity index (χ2n) is 3.55. The third-order valence-corrected chi connectivity index (χ3v) is 2.41. The fourth-order valence-electron chi connectivity index (χ4n) is 1.27. The highest BCUT2D eigenvalue weighted by atomic mass is 35.5. The number of aromatic nitrogens is 2. The molecule has 1 amide bonds. The van der Waals surface area contributed by atoms with Crippen molar-refractivity contribution in [1.82, 2.24) is 10.4 Å². The summed E-state index contributed by atoms with van der Waals surface area (Å²) in [4.78, 5) is 15.3. The lowest BCUT2D eigenvalue weighted by molar-refractivity contribution is -0.606. The molecule has 0 unspecified atom stereocenters. The second kappa shape index (κ2) is 5.92. The van der Waals surface area contributed by atoms with E-state index in [0.717, 1.165) is 11.8 Å². The minimum absolute atomic E-state index is 0.00856. The molecule has 2 rings (SSSR count). The Morgan fingerprint density at radius 3 is 2.84 bits per heavy atom. The molecule has 6 nitrogen and oxygen atoms in total. The van der Waals surface area contributed by atoms with Gasteiger partial charge in [-0.05, 0) is 17.7 Å². The number of hydrogen-bond donors (Lipinski definition) is 1. The minimum atomic E-state index is -0.560. The molecule has 2 aromatic rings. The molecule has 0 aliphatic heterocycles. The maximum absolute atomic E-state index is 11.6. The van der Waals surface area contributed by atoms with Gasteiger partial charge in [0.05, 0.1) is 12.4 Å². The van der Waals surface area contributed by atoms with Crippen LogP contribution in [-0.2, 0) is 0 Å². The van der Waals surface area contributed by atoms with Crippen molar-refractivity contribution in [2.75, 3.05) is 0 Å². The molecule has 0 saturated heterocycles. The molecule has 1 N–H and O–H groups in total. The van der Waals surface area contributed by atoms with E-state index in [0.29, 0.717) is 9.75 Å². The molecule has 0 fully saturated rings. The van der Waals surface area contributed by atoms with Gasteiger partial charge in [-0.1, -0.05) is 23.7 Å². The highest BCUT2D eigenvalue weighted by molar-refractivity contribution is 6.30. The molecule has 0 spiro atoms. The van der Waals surface area contributed by atoms with Crippen molar-refractivity contribution in [2.24, 2.45) is 5.10 Å². The first-order valence-electron chi connectivity index (χ1n) is 5.29. The average molecular weight is 277 g/mol. The molecular formula is C12H9ClN4O2. The molecule has 96 valence electrons. The van der Waals surface area contributed by atoms with Crippen LogP contribution in [0, 0.1) is 5.21 Å². The lowest BCUT2D eigenvalue weighted by Gasteiger charge is -1.99. The summed E-state index contributed by atoms with van der Waals surface area (Å²) in [6.07, 6.45) is 4.95. The van der Waals surface area contributed by atoms with Crippen LogP contribution in [0.1, 0.15) is 16.1 Å². The number of hydrazone groups is 1. The number of carbonyl (C=O) groups excluding carboxylic acids is 1. The first kappa shape index (κ1) is 13.0. The predicted octanol–water partition coefficient (Wildman–Crippen LogP) is 1.13. The van der Waals surface area contributed by atoms with Gasteiger partial charge in [0.15, 0.2) is 11.9 Å². The summed E-state index contributed by atoms with van der Waals surface area (Å²) in [5.74, 6) is -0.560. The Labute approximate surface area is 113 Å². The van der Waals surface area contributed by atoms with Crippen molar-refractivity contribution in [2.45, 2.75) is 0 Å². The molecule has 0 atom stereocenters. The molecule has 1 heterocycles. The number of nitrogens with zero attached hydrogens (tertiary/aromatic N) is 3. The van der Waals surface area contributed by atoms with Gasteiger partial charge in [0.25, 0.3) is 5.91 Å². The molecule has 1 aromatic carbocycles. The number of nitrogens with one attached hydrogen (secondary N) is 1. The monoisotopic (exact) mass is 276 g/mol. The fourth-order valence-corrected chi connectivity index (χ4v) is 1.39. The Morgan fingerprint density at radius 1 is 1.42 bits per heavy atom. The second-order valence-corrected chi connectivity index (χ2v) is 3.99. The van der Waals surface area contributed by atoms with Crippen molar-refractivity contribution in [3.8, 4) is 0 Å². The Morgan fingerprint density at radius 2 is 2.16 bits per heavy atom. The first-order chi connectivity index (χ1) is 9.15. The van der Waals surface area contributed by atoms with E-state index in [9.17, 15) is 10.0 Å². The van der Waals surface area contributed by atoms with Gasteiger partial charge in [-0.2, -0.15) is 9.83 Å². The fraction of sp³-hybridized carbons (Fsp3) is 0. The van der Waals surface area contributed by atoms with Crippen LogP contribution >= 0.6 is 11.6 Å². The summed E-state index contributed by atoms with van der Waals surface area (Å²) in [5.41, 5.74) is 3.05. The van der Waals surface area contributed by atoms with E-state index in [4.69, 9.17) is 11.6 Å². The van der Waals surface area contributed by atoms with Crippen LogP contribution in [0.2, 0.25) is 5.02 Å². The summed E-state index contributed by atoms with van der Waals surface area (Å²) in [6, 6.07) is 6.93. The van der Waals surface area contributed by atoms with Crippen molar-refractivity contribution in [1.29, 1.82) is 0 Å². The maximum Gasteiger partial charge on any atom is 0.296 e. The summed E-state index contributed by atoms with van der Waals surface area (Å²) in [7, 11) is 0. The normalized spacial score (nSPS) is 10.6. The Bertz CT molecular complexity index is 613. The molecule has 0 bridgehead atoms. The third kappa shape index (κ3) is 3.75. The van der Waals surface area contributed by atoms with Crippen LogP contribution in [0.25, 0.3) is 0 Å². The summed E-state index contributed by atoms with van der Waals surface area (Å²) in [6.45, 7) is 0. The van der Waals surface area contributed by atoms with Gasteiger partial charge in [0.1, 0.15) is 0 Å². The Kier molecular flexibility index (Phi) is 4.04. The van der Waals surface area contributed by atoms with Crippen LogP contribution in [-0.4, -0.2) is 17.1 Å². The van der Waals surface area contributed by atoms with E-state index in [1.807, 2.05) is 0 Å². The minimum Gasteiger partial charge on any atom is -0.619 e. The van der Waals surface area contributed by atoms with Gasteiger partial charge in [0.2, 0.25) is 6.20 Å². The van der Waals surface area contributed by atoms with Crippen LogP contribution in [0.3, 0.4) is 0 Å². The van der Waals surface area contributed by atoms with Gasteiger partial charge >= 0.3 is 0 Å². The molecule has 0 saturated carbocycles. The molecule has 0 aliphatic rings. The zero-order chi connectivity index (χ0) is 13.7. The van der Waals surface area contributed by atoms with Crippen molar-refractivity contribution < 1.29 is 9.52 Å². The number of hydrogen-bond acceptors (Lipinski definition) is 4. The maximum atomic E-state index is 11.6. The predicted molar refractivity (Wildman–Crippen MR) is 69.7 cm³/mol. The van der Waals surface area contributed by atoms with E-state index in [-0.39, 0.29) is 5.69 Å².